The topological polar surface area (TPSA) is 86.5 Å². The molecule has 2 aromatic carbocycles. The van der Waals surface area contributed by atoms with E-state index in [0.717, 1.165) is 29.9 Å². The van der Waals surface area contributed by atoms with Gasteiger partial charge in [0.2, 0.25) is 0 Å². The first-order valence-electron chi connectivity index (χ1n) is 11.1. The monoisotopic (exact) mass is 443 g/mol. The van der Waals surface area contributed by atoms with Crippen molar-refractivity contribution in [3.05, 3.63) is 77.9 Å². The number of hydrogen-bond donors (Lipinski definition) is 1. The molecule has 5 rings (SSSR count). The van der Waals surface area contributed by atoms with E-state index in [4.69, 9.17) is 13.9 Å². The molecule has 0 saturated heterocycles. The van der Waals surface area contributed by atoms with Gasteiger partial charge in [-0.05, 0) is 67.6 Å². The Balaban J connectivity index is 1.37. The van der Waals surface area contributed by atoms with E-state index in [-0.39, 0.29) is 12.0 Å². The molecule has 2 heterocycles. The fraction of sp³-hybridized carbons (Fsp3) is 0.269. The Morgan fingerprint density at radius 2 is 1.91 bits per heavy atom. The average Bonchev–Trinajstić information content (AvgIpc) is 3.50. The second kappa shape index (κ2) is 9.32. The van der Waals surface area contributed by atoms with Crippen LogP contribution in [0.1, 0.15) is 47.5 Å². The molecular formula is C26H25N3O4. The molecule has 1 fully saturated rings. The predicted octanol–water partition coefficient (Wildman–Crippen LogP) is 5.40. The number of anilines is 1. The van der Waals surface area contributed by atoms with Gasteiger partial charge in [-0.25, -0.2) is 4.98 Å². The molecule has 33 heavy (non-hydrogen) atoms. The number of pyridine rings is 1. The molecule has 0 unspecified atom stereocenters. The van der Waals surface area contributed by atoms with Crippen LogP contribution in [0.25, 0.3) is 11.1 Å². The zero-order valence-electron chi connectivity index (χ0n) is 18.4. The Morgan fingerprint density at radius 3 is 2.70 bits per heavy atom. The Labute approximate surface area is 191 Å². The minimum absolute atomic E-state index is 0.230. The lowest BCUT2D eigenvalue weighted by Crippen LogP contribution is -2.11. The molecule has 7 heteroatoms. The highest BCUT2D eigenvalue weighted by Crippen LogP contribution is 2.33. The molecule has 1 N–H and O–H groups in total. The number of benzene rings is 2. The van der Waals surface area contributed by atoms with Crippen LogP contribution in [0.2, 0.25) is 0 Å². The maximum absolute atomic E-state index is 12.6. The molecule has 1 saturated carbocycles. The van der Waals surface area contributed by atoms with Gasteiger partial charge < -0.3 is 19.2 Å². The molecule has 0 bridgehead atoms. The zero-order valence-corrected chi connectivity index (χ0v) is 18.4. The van der Waals surface area contributed by atoms with E-state index in [1.165, 1.54) is 12.8 Å². The van der Waals surface area contributed by atoms with E-state index >= 15 is 0 Å². The number of nitrogens with one attached hydrogen (secondary N) is 1. The number of hydrogen-bond acceptors (Lipinski definition) is 6. The number of ether oxygens (including phenoxy) is 2. The molecule has 168 valence electrons. The van der Waals surface area contributed by atoms with Crippen molar-refractivity contribution in [1.29, 1.82) is 0 Å². The first-order valence-corrected chi connectivity index (χ1v) is 11.1. The van der Waals surface area contributed by atoms with E-state index in [2.05, 4.69) is 15.3 Å². The Kier molecular flexibility index (Phi) is 5.93. The lowest BCUT2D eigenvalue weighted by molar-refractivity contribution is 0.102. The molecule has 0 aliphatic heterocycles. The average molecular weight is 444 g/mol. The van der Waals surface area contributed by atoms with Crippen molar-refractivity contribution in [1.82, 2.24) is 9.97 Å². The van der Waals surface area contributed by atoms with Gasteiger partial charge in [0, 0.05) is 24.4 Å². The van der Waals surface area contributed by atoms with Gasteiger partial charge in [0.1, 0.15) is 5.52 Å². The van der Waals surface area contributed by atoms with Crippen molar-refractivity contribution >= 4 is 22.7 Å². The van der Waals surface area contributed by atoms with E-state index in [1.54, 1.807) is 37.7 Å². The van der Waals surface area contributed by atoms with E-state index < -0.39 is 0 Å². The molecule has 0 radical (unpaired) electrons. The number of amides is 1. The normalized spacial score (nSPS) is 13.8. The van der Waals surface area contributed by atoms with Crippen molar-refractivity contribution in [2.45, 2.75) is 38.2 Å². The molecule has 1 aliphatic rings. The van der Waals surface area contributed by atoms with Crippen LogP contribution in [0, 0.1) is 0 Å². The maximum Gasteiger partial charge on any atom is 0.255 e. The quantitative estimate of drug-likeness (QED) is 0.412. The third kappa shape index (κ3) is 4.67. The Bertz CT molecular complexity index is 1260. The predicted molar refractivity (Wildman–Crippen MR) is 125 cm³/mol. The number of methoxy groups -OCH3 is 1. The summed E-state index contributed by atoms with van der Waals surface area (Å²) in [5, 5.41) is 2.91. The number of oxazole rings is 1. The van der Waals surface area contributed by atoms with Gasteiger partial charge in [-0.2, -0.15) is 0 Å². The summed E-state index contributed by atoms with van der Waals surface area (Å²) < 4.78 is 17.8. The standard InChI is InChI=1S/C26H25N3O4/c1-31-22-10-9-17(15-23(22)32-19-5-2-3-6-19)16-24-28-20-7-4-8-21(25(20)33-24)29-26(30)18-11-13-27-14-12-18/h4,7-15,19H,2-3,5-6,16H2,1H3,(H,29,30). The van der Waals surface area contributed by atoms with Crippen LogP contribution >= 0.6 is 0 Å². The van der Waals surface area contributed by atoms with Crippen LogP contribution in [0.4, 0.5) is 5.69 Å². The lowest BCUT2D eigenvalue weighted by atomic mass is 10.1. The number of fused-ring (bicyclic) bond motifs is 1. The SMILES string of the molecule is COc1ccc(Cc2nc3cccc(NC(=O)c4ccncc4)c3o2)cc1OC1CCCC1. The van der Waals surface area contributed by atoms with Crippen molar-refractivity contribution in [3.8, 4) is 11.5 Å². The van der Waals surface area contributed by atoms with Crippen molar-refractivity contribution in [2.75, 3.05) is 12.4 Å². The summed E-state index contributed by atoms with van der Waals surface area (Å²) in [6, 6.07) is 14.7. The largest absolute Gasteiger partial charge is 0.493 e. The minimum Gasteiger partial charge on any atom is -0.493 e. The van der Waals surface area contributed by atoms with Crippen molar-refractivity contribution in [2.24, 2.45) is 0 Å². The van der Waals surface area contributed by atoms with Crippen LogP contribution in [-0.2, 0) is 6.42 Å². The van der Waals surface area contributed by atoms with Crippen LogP contribution in [0.15, 0.2) is 65.3 Å². The van der Waals surface area contributed by atoms with Crippen LogP contribution < -0.4 is 14.8 Å². The van der Waals surface area contributed by atoms with Gasteiger partial charge in [0.05, 0.1) is 18.9 Å². The van der Waals surface area contributed by atoms with Crippen molar-refractivity contribution in [3.63, 3.8) is 0 Å². The summed E-state index contributed by atoms with van der Waals surface area (Å²) in [7, 11) is 1.65. The fourth-order valence-corrected chi connectivity index (χ4v) is 4.15. The maximum atomic E-state index is 12.6. The van der Waals surface area contributed by atoms with Gasteiger partial charge in [0.25, 0.3) is 5.91 Å². The molecule has 1 amide bonds. The molecule has 0 atom stereocenters. The Hall–Kier alpha value is -3.87. The van der Waals surface area contributed by atoms with Crippen LogP contribution in [0.3, 0.4) is 0 Å². The number of rotatable bonds is 7. The second-order valence-electron chi connectivity index (χ2n) is 8.14. The highest BCUT2D eigenvalue weighted by molar-refractivity contribution is 6.07. The van der Waals surface area contributed by atoms with Crippen LogP contribution in [0.5, 0.6) is 11.5 Å². The first kappa shape index (κ1) is 21.0. The van der Waals surface area contributed by atoms with Crippen LogP contribution in [-0.4, -0.2) is 29.1 Å². The van der Waals surface area contributed by atoms with Gasteiger partial charge >= 0.3 is 0 Å². The van der Waals surface area contributed by atoms with Gasteiger partial charge in [-0.1, -0.05) is 12.1 Å². The minimum atomic E-state index is -0.230. The highest BCUT2D eigenvalue weighted by Gasteiger charge is 2.19. The van der Waals surface area contributed by atoms with Gasteiger partial charge in [0.15, 0.2) is 23.0 Å². The summed E-state index contributed by atoms with van der Waals surface area (Å²) >= 11 is 0. The number of nitrogens with zero attached hydrogens (tertiary/aromatic N) is 2. The number of para-hydroxylation sites is 1. The number of aromatic nitrogens is 2. The molecule has 1 aliphatic carbocycles. The summed E-state index contributed by atoms with van der Waals surface area (Å²) in [4.78, 5) is 21.1. The van der Waals surface area contributed by atoms with E-state index in [1.807, 2.05) is 30.3 Å². The lowest BCUT2D eigenvalue weighted by Gasteiger charge is -2.16. The second-order valence-corrected chi connectivity index (χ2v) is 8.14. The van der Waals surface area contributed by atoms with E-state index in [0.29, 0.717) is 34.7 Å². The summed E-state index contributed by atoms with van der Waals surface area (Å²) in [6.45, 7) is 0. The fourth-order valence-electron chi connectivity index (χ4n) is 4.15. The smallest absolute Gasteiger partial charge is 0.255 e. The molecule has 0 spiro atoms. The molecule has 2 aromatic heterocycles. The molecule has 7 nitrogen and oxygen atoms in total. The highest BCUT2D eigenvalue weighted by atomic mass is 16.5. The summed E-state index contributed by atoms with van der Waals surface area (Å²) in [6.07, 6.45) is 8.47. The summed E-state index contributed by atoms with van der Waals surface area (Å²) in [5.74, 6) is 1.81. The summed E-state index contributed by atoms with van der Waals surface area (Å²) in [5.41, 5.74) is 3.35. The number of carbonyl (C=O) groups excluding carboxylic acids is 1. The Morgan fingerprint density at radius 1 is 1.09 bits per heavy atom. The van der Waals surface area contributed by atoms with E-state index in [9.17, 15) is 4.79 Å². The van der Waals surface area contributed by atoms with Gasteiger partial charge in [-0.15, -0.1) is 0 Å². The van der Waals surface area contributed by atoms with Crippen molar-refractivity contribution < 1.29 is 18.7 Å². The first-order chi connectivity index (χ1) is 16.2. The molecular weight excluding hydrogens is 418 g/mol. The molecule has 4 aromatic rings. The zero-order chi connectivity index (χ0) is 22.6. The van der Waals surface area contributed by atoms with Gasteiger partial charge in [-0.3, -0.25) is 9.78 Å². The third-order valence-corrected chi connectivity index (χ3v) is 5.83. The third-order valence-electron chi connectivity index (χ3n) is 5.83. The number of carbonyl (C=O) groups is 1.